The largest absolute Gasteiger partial charge is 0.497 e. The summed E-state index contributed by atoms with van der Waals surface area (Å²) >= 11 is 5.97. The van der Waals surface area contributed by atoms with E-state index in [1.54, 1.807) is 54.3 Å². The second-order valence-corrected chi connectivity index (χ2v) is 8.20. The molecule has 0 fully saturated rings. The first-order chi connectivity index (χ1) is 13.3. The van der Waals surface area contributed by atoms with Gasteiger partial charge in [0.05, 0.1) is 19.1 Å². The molecular weight excluding hydrogens is 402 g/mol. The fraction of sp³-hybridized carbons (Fsp3) is 0.211. The maximum atomic E-state index is 13.0. The highest BCUT2D eigenvalue weighted by atomic mass is 35.5. The molecule has 3 rings (SSSR count). The SMILES string of the molecule is COc1cc(OC)cc([C@@H](NS(=O)(=O)c2cccc(Cl)c2)c2nccn2C)c1. The van der Waals surface area contributed by atoms with E-state index in [2.05, 4.69) is 9.71 Å². The summed E-state index contributed by atoms with van der Waals surface area (Å²) in [6.45, 7) is 0. The molecule has 1 N–H and O–H groups in total. The number of rotatable bonds is 7. The van der Waals surface area contributed by atoms with Crippen LogP contribution in [0, 0.1) is 0 Å². The third-order valence-corrected chi connectivity index (χ3v) is 5.86. The van der Waals surface area contributed by atoms with Gasteiger partial charge < -0.3 is 14.0 Å². The van der Waals surface area contributed by atoms with Crippen LogP contribution < -0.4 is 14.2 Å². The van der Waals surface area contributed by atoms with Gasteiger partial charge in [-0.15, -0.1) is 0 Å². The summed E-state index contributed by atoms with van der Waals surface area (Å²) in [5, 5.41) is 0.333. The molecule has 1 aromatic heterocycles. The van der Waals surface area contributed by atoms with Crippen molar-refractivity contribution in [3.63, 3.8) is 0 Å². The van der Waals surface area contributed by atoms with E-state index in [0.29, 0.717) is 27.9 Å². The van der Waals surface area contributed by atoms with E-state index < -0.39 is 16.1 Å². The van der Waals surface area contributed by atoms with Gasteiger partial charge in [-0.2, -0.15) is 4.72 Å². The average Bonchev–Trinajstić information content (AvgIpc) is 3.11. The molecule has 148 valence electrons. The standard InChI is InChI=1S/C19H20ClN3O4S/c1-23-8-7-21-19(23)18(13-9-15(26-2)12-16(10-13)27-3)22-28(24,25)17-6-4-5-14(20)11-17/h4-12,18,22H,1-3H3/t18-/m1/s1. The second kappa shape index (κ2) is 8.22. The predicted molar refractivity (Wildman–Crippen MR) is 106 cm³/mol. The molecule has 2 aromatic carbocycles. The molecule has 7 nitrogen and oxygen atoms in total. The molecule has 3 aromatic rings. The second-order valence-electron chi connectivity index (χ2n) is 6.05. The van der Waals surface area contributed by atoms with Crippen molar-refractivity contribution >= 4 is 21.6 Å². The Morgan fingerprint density at radius 2 is 1.79 bits per heavy atom. The monoisotopic (exact) mass is 421 g/mol. The molecule has 28 heavy (non-hydrogen) atoms. The van der Waals surface area contributed by atoms with Crippen LogP contribution >= 0.6 is 11.6 Å². The van der Waals surface area contributed by atoms with E-state index in [4.69, 9.17) is 21.1 Å². The number of sulfonamides is 1. The van der Waals surface area contributed by atoms with Crippen molar-refractivity contribution in [3.05, 3.63) is 71.3 Å². The molecule has 1 atom stereocenters. The summed E-state index contributed by atoms with van der Waals surface area (Å²) in [7, 11) is 0.975. The number of aryl methyl sites for hydroxylation is 1. The molecular formula is C19H20ClN3O4S. The number of aromatic nitrogens is 2. The lowest BCUT2D eigenvalue weighted by atomic mass is 10.1. The Kier molecular flexibility index (Phi) is 5.93. The van der Waals surface area contributed by atoms with Crippen molar-refractivity contribution in [1.82, 2.24) is 14.3 Å². The number of imidazole rings is 1. The Morgan fingerprint density at radius 1 is 1.11 bits per heavy atom. The topological polar surface area (TPSA) is 82.4 Å². The molecule has 0 spiro atoms. The van der Waals surface area contributed by atoms with Gasteiger partial charge in [0.1, 0.15) is 23.4 Å². The minimum Gasteiger partial charge on any atom is -0.497 e. The molecule has 0 aliphatic heterocycles. The Balaban J connectivity index is 2.10. The zero-order valence-electron chi connectivity index (χ0n) is 15.6. The summed E-state index contributed by atoms with van der Waals surface area (Å²) in [6.07, 6.45) is 3.35. The number of ether oxygens (including phenoxy) is 2. The van der Waals surface area contributed by atoms with Crippen molar-refractivity contribution in [3.8, 4) is 11.5 Å². The Labute approximate surface area is 168 Å². The van der Waals surface area contributed by atoms with Gasteiger partial charge in [0.2, 0.25) is 10.0 Å². The number of nitrogens with one attached hydrogen (secondary N) is 1. The first-order valence-electron chi connectivity index (χ1n) is 8.32. The van der Waals surface area contributed by atoms with E-state index in [-0.39, 0.29) is 4.90 Å². The number of halogens is 1. The summed E-state index contributed by atoms with van der Waals surface area (Å²) in [4.78, 5) is 4.39. The van der Waals surface area contributed by atoms with Gasteiger partial charge in [0, 0.05) is 30.5 Å². The predicted octanol–water partition coefficient (Wildman–Crippen LogP) is 3.16. The molecule has 0 amide bonds. The van der Waals surface area contributed by atoms with Crippen LogP contribution in [0.25, 0.3) is 0 Å². The maximum Gasteiger partial charge on any atom is 0.241 e. The van der Waals surface area contributed by atoms with Gasteiger partial charge in [-0.1, -0.05) is 17.7 Å². The van der Waals surface area contributed by atoms with E-state index in [1.807, 2.05) is 0 Å². The van der Waals surface area contributed by atoms with Crippen LogP contribution in [0.5, 0.6) is 11.5 Å². The summed E-state index contributed by atoms with van der Waals surface area (Å²) in [5.41, 5.74) is 0.621. The van der Waals surface area contributed by atoms with E-state index in [9.17, 15) is 8.42 Å². The van der Waals surface area contributed by atoms with Crippen molar-refractivity contribution < 1.29 is 17.9 Å². The fourth-order valence-electron chi connectivity index (χ4n) is 2.78. The number of hydrogen-bond acceptors (Lipinski definition) is 5. The fourth-order valence-corrected chi connectivity index (χ4v) is 4.26. The summed E-state index contributed by atoms with van der Waals surface area (Å²) < 4.78 is 41.1. The number of methoxy groups -OCH3 is 2. The first-order valence-corrected chi connectivity index (χ1v) is 10.2. The van der Waals surface area contributed by atoms with Crippen molar-refractivity contribution in [2.45, 2.75) is 10.9 Å². The highest BCUT2D eigenvalue weighted by Gasteiger charge is 2.27. The maximum absolute atomic E-state index is 13.0. The van der Waals surface area contributed by atoms with Gasteiger partial charge in [-0.25, -0.2) is 13.4 Å². The van der Waals surface area contributed by atoms with Crippen LogP contribution in [0.1, 0.15) is 17.4 Å². The van der Waals surface area contributed by atoms with E-state index in [0.717, 1.165) is 0 Å². The van der Waals surface area contributed by atoms with Crippen molar-refractivity contribution in [2.24, 2.45) is 7.05 Å². The third-order valence-electron chi connectivity index (χ3n) is 4.20. The van der Waals surface area contributed by atoms with Crippen molar-refractivity contribution in [2.75, 3.05) is 14.2 Å². The number of benzene rings is 2. The molecule has 0 saturated heterocycles. The lowest BCUT2D eigenvalue weighted by Crippen LogP contribution is -2.31. The van der Waals surface area contributed by atoms with Crippen LogP contribution in [0.15, 0.2) is 59.8 Å². The molecule has 0 saturated carbocycles. The van der Waals surface area contributed by atoms with Crippen LogP contribution in [0.3, 0.4) is 0 Å². The van der Waals surface area contributed by atoms with Crippen LogP contribution in [0.4, 0.5) is 0 Å². The highest BCUT2D eigenvalue weighted by Crippen LogP contribution is 2.30. The van der Waals surface area contributed by atoms with Crippen LogP contribution in [-0.2, 0) is 17.1 Å². The van der Waals surface area contributed by atoms with E-state index in [1.165, 1.54) is 26.4 Å². The lowest BCUT2D eigenvalue weighted by Gasteiger charge is -2.20. The van der Waals surface area contributed by atoms with Crippen LogP contribution in [0.2, 0.25) is 5.02 Å². The molecule has 0 bridgehead atoms. The minimum atomic E-state index is -3.88. The van der Waals surface area contributed by atoms with Crippen LogP contribution in [-0.4, -0.2) is 32.2 Å². The Hall–Kier alpha value is -2.55. The third kappa shape index (κ3) is 4.30. The van der Waals surface area contributed by atoms with Gasteiger partial charge in [0.15, 0.2) is 0 Å². The number of hydrogen-bond donors (Lipinski definition) is 1. The van der Waals surface area contributed by atoms with E-state index >= 15 is 0 Å². The Morgan fingerprint density at radius 3 is 2.32 bits per heavy atom. The van der Waals surface area contributed by atoms with Gasteiger partial charge in [-0.3, -0.25) is 0 Å². The molecule has 1 heterocycles. The number of nitrogens with zero attached hydrogens (tertiary/aromatic N) is 2. The molecule has 0 aliphatic carbocycles. The Bertz CT molecular complexity index is 1060. The van der Waals surface area contributed by atoms with Gasteiger partial charge >= 0.3 is 0 Å². The normalized spacial score (nSPS) is 12.6. The first kappa shape index (κ1) is 20.2. The smallest absolute Gasteiger partial charge is 0.241 e. The molecule has 0 unspecified atom stereocenters. The van der Waals surface area contributed by atoms with Crippen molar-refractivity contribution in [1.29, 1.82) is 0 Å². The van der Waals surface area contributed by atoms with Gasteiger partial charge in [-0.05, 0) is 35.9 Å². The average molecular weight is 422 g/mol. The zero-order chi connectivity index (χ0) is 20.3. The molecule has 9 heteroatoms. The molecule has 0 aliphatic rings. The highest BCUT2D eigenvalue weighted by molar-refractivity contribution is 7.89. The van der Waals surface area contributed by atoms with Gasteiger partial charge in [0.25, 0.3) is 0 Å². The minimum absolute atomic E-state index is 0.0640. The zero-order valence-corrected chi connectivity index (χ0v) is 17.2. The summed E-state index contributed by atoms with van der Waals surface area (Å²) in [5.74, 6) is 1.59. The summed E-state index contributed by atoms with van der Waals surface area (Å²) in [6, 6.07) is 10.5. The molecule has 0 radical (unpaired) electrons. The lowest BCUT2D eigenvalue weighted by molar-refractivity contribution is 0.392. The quantitative estimate of drug-likeness (QED) is 0.633.